The number of phenols is 1. The highest BCUT2D eigenvalue weighted by Crippen LogP contribution is 2.60. The maximum absolute atomic E-state index is 14.1. The number of allylic oxidation sites excluding steroid dienone is 1. The number of hydrogen-bond donors (Lipinski definition) is 2. The van der Waals surface area contributed by atoms with Crippen molar-refractivity contribution in [3.8, 4) is 5.75 Å². The smallest absolute Gasteiger partial charge is 0.329 e. The second-order valence-corrected chi connectivity index (χ2v) is 11.3. The van der Waals surface area contributed by atoms with Crippen LogP contribution in [0.15, 0.2) is 23.8 Å². The normalized spacial score (nSPS) is 38.0. The van der Waals surface area contributed by atoms with Crippen LogP contribution in [0.2, 0.25) is 0 Å². The van der Waals surface area contributed by atoms with E-state index >= 15 is 0 Å². The number of benzene rings is 1. The number of ether oxygens (including phenoxy) is 3. The summed E-state index contributed by atoms with van der Waals surface area (Å²) in [5.41, 5.74) is -0.544. The van der Waals surface area contributed by atoms with Gasteiger partial charge in [0.05, 0.1) is 30.6 Å². The van der Waals surface area contributed by atoms with Crippen molar-refractivity contribution in [2.24, 2.45) is 11.3 Å². The molecule has 0 spiro atoms. The van der Waals surface area contributed by atoms with Crippen LogP contribution in [0.3, 0.4) is 0 Å². The molecule has 1 aliphatic carbocycles. The van der Waals surface area contributed by atoms with E-state index in [1.807, 2.05) is 26.8 Å². The molecule has 9 heteroatoms. The zero-order chi connectivity index (χ0) is 27.7. The van der Waals surface area contributed by atoms with Gasteiger partial charge in [-0.15, -0.1) is 0 Å². The number of phenolic OH excluding ortho intramolecular Hbond substituents is 1. The number of aliphatic hydroxyl groups excluding tert-OH is 1. The van der Waals surface area contributed by atoms with Gasteiger partial charge in [-0.25, -0.2) is 0 Å². The van der Waals surface area contributed by atoms with E-state index in [1.165, 1.54) is 17.9 Å². The molecule has 3 heterocycles. The molecule has 9 nitrogen and oxygen atoms in total. The van der Waals surface area contributed by atoms with E-state index in [2.05, 4.69) is 6.92 Å². The van der Waals surface area contributed by atoms with E-state index in [0.717, 1.165) is 16.7 Å². The Labute approximate surface area is 222 Å². The van der Waals surface area contributed by atoms with Crippen molar-refractivity contribution < 1.29 is 38.8 Å². The molecule has 1 aromatic rings. The van der Waals surface area contributed by atoms with Crippen molar-refractivity contribution in [3.63, 3.8) is 0 Å². The number of hydrogen-bond acceptors (Lipinski definition) is 8. The summed E-state index contributed by atoms with van der Waals surface area (Å²) in [6.07, 6.45) is 1.30. The first-order chi connectivity index (χ1) is 17.9. The van der Waals surface area contributed by atoms with E-state index in [1.54, 1.807) is 13.0 Å². The Hall–Kier alpha value is -2.75. The fraction of sp³-hybridized carbons (Fsp3) is 0.621. The van der Waals surface area contributed by atoms with Gasteiger partial charge < -0.3 is 24.4 Å². The van der Waals surface area contributed by atoms with Gasteiger partial charge in [0.2, 0.25) is 5.41 Å². The molecule has 206 valence electrons. The zero-order valence-electron chi connectivity index (χ0n) is 22.8. The van der Waals surface area contributed by atoms with Gasteiger partial charge in [-0.05, 0) is 63.6 Å². The first kappa shape index (κ1) is 26.8. The number of aromatic hydroxyl groups is 1. The number of esters is 1. The molecule has 0 bridgehead atoms. The van der Waals surface area contributed by atoms with Crippen molar-refractivity contribution in [3.05, 3.63) is 34.9 Å². The molecule has 8 atom stereocenters. The fourth-order valence-electron chi connectivity index (χ4n) is 7.00. The summed E-state index contributed by atoms with van der Waals surface area (Å²) in [4.78, 5) is 42.6. The van der Waals surface area contributed by atoms with E-state index in [0.29, 0.717) is 18.5 Å². The molecule has 2 fully saturated rings. The first-order valence-electron chi connectivity index (χ1n) is 13.5. The Morgan fingerprint density at radius 3 is 2.55 bits per heavy atom. The average molecular weight is 528 g/mol. The molecule has 0 saturated carbocycles. The van der Waals surface area contributed by atoms with Gasteiger partial charge in [0.25, 0.3) is 5.91 Å². The van der Waals surface area contributed by atoms with E-state index < -0.39 is 47.1 Å². The third kappa shape index (κ3) is 3.51. The SMILES string of the molecule is CCOC(=O)[C@]1(C)C(=O)N2c3cc(O)cc4c3[C@H](C(C)=C[C@@]2(CC)C1=O)[C@@H](C)[C@@H]4O[C@H]1CC[C@@H](O)[C@@H](C)O1. The number of anilines is 1. The monoisotopic (exact) mass is 527 g/mol. The van der Waals surface area contributed by atoms with Crippen molar-refractivity contribution in [2.45, 2.75) is 96.9 Å². The van der Waals surface area contributed by atoms with Crippen molar-refractivity contribution in [1.29, 1.82) is 0 Å². The number of carbonyl (C=O) groups is 3. The van der Waals surface area contributed by atoms with Gasteiger partial charge in [-0.2, -0.15) is 0 Å². The quantitative estimate of drug-likeness (QED) is 0.338. The van der Waals surface area contributed by atoms with Crippen LogP contribution in [0.4, 0.5) is 5.69 Å². The van der Waals surface area contributed by atoms with Gasteiger partial charge in [0.1, 0.15) is 11.3 Å². The minimum atomic E-state index is -2.00. The summed E-state index contributed by atoms with van der Waals surface area (Å²) < 4.78 is 17.6. The fourth-order valence-corrected chi connectivity index (χ4v) is 7.00. The molecule has 2 N–H and O–H groups in total. The van der Waals surface area contributed by atoms with E-state index in [-0.39, 0.29) is 36.7 Å². The van der Waals surface area contributed by atoms with Crippen molar-refractivity contribution >= 4 is 23.3 Å². The Balaban J connectivity index is 1.66. The molecule has 38 heavy (non-hydrogen) atoms. The maximum atomic E-state index is 14.1. The number of rotatable bonds is 5. The lowest BCUT2D eigenvalue weighted by Crippen LogP contribution is -2.48. The average Bonchev–Trinajstić information content (AvgIpc) is 3.17. The molecule has 0 unspecified atom stereocenters. The van der Waals surface area contributed by atoms with E-state index in [4.69, 9.17) is 14.2 Å². The Morgan fingerprint density at radius 1 is 1.21 bits per heavy atom. The minimum absolute atomic E-state index is 0.0436. The molecule has 1 amide bonds. The van der Waals surface area contributed by atoms with Gasteiger partial charge in [-0.1, -0.05) is 25.5 Å². The van der Waals surface area contributed by atoms with Crippen LogP contribution in [0.5, 0.6) is 5.75 Å². The van der Waals surface area contributed by atoms with E-state index in [9.17, 15) is 24.6 Å². The van der Waals surface area contributed by atoms with Crippen LogP contribution in [0.1, 0.15) is 84.0 Å². The molecule has 4 aliphatic rings. The predicted octanol–water partition coefficient (Wildman–Crippen LogP) is 3.66. The summed E-state index contributed by atoms with van der Waals surface area (Å²) >= 11 is 0. The van der Waals surface area contributed by atoms with Gasteiger partial charge in [-0.3, -0.25) is 19.3 Å². The second-order valence-electron chi connectivity index (χ2n) is 11.3. The number of amides is 1. The number of aliphatic hydroxyl groups is 1. The highest BCUT2D eigenvalue weighted by molar-refractivity contribution is 6.35. The summed E-state index contributed by atoms with van der Waals surface area (Å²) in [6.45, 7) is 10.6. The van der Waals surface area contributed by atoms with Crippen LogP contribution in [-0.2, 0) is 28.6 Å². The van der Waals surface area contributed by atoms with Gasteiger partial charge in [0.15, 0.2) is 12.1 Å². The molecular weight excluding hydrogens is 490 g/mol. The highest BCUT2D eigenvalue weighted by Gasteiger charge is 2.69. The first-order valence-corrected chi connectivity index (χ1v) is 13.5. The lowest BCUT2D eigenvalue weighted by atomic mass is 9.77. The number of fused-ring (bicyclic) bond motifs is 2. The highest BCUT2D eigenvalue weighted by atomic mass is 16.7. The molecular formula is C29H37NO8. The predicted molar refractivity (Wildman–Crippen MR) is 137 cm³/mol. The number of Topliss-reactive ketones (excluding diaryl/α,β-unsaturated/α-hetero) is 1. The number of nitrogens with zero attached hydrogens (tertiary/aromatic N) is 1. The van der Waals surface area contributed by atoms with Crippen molar-refractivity contribution in [2.75, 3.05) is 11.5 Å². The van der Waals surface area contributed by atoms with Crippen LogP contribution in [0.25, 0.3) is 0 Å². The van der Waals surface area contributed by atoms with Crippen LogP contribution < -0.4 is 4.90 Å². The lowest BCUT2D eigenvalue weighted by Gasteiger charge is -2.35. The molecule has 5 rings (SSSR count). The van der Waals surface area contributed by atoms with Crippen LogP contribution >= 0.6 is 0 Å². The minimum Gasteiger partial charge on any atom is -0.508 e. The molecule has 0 aromatic heterocycles. The maximum Gasteiger partial charge on any atom is 0.329 e. The Morgan fingerprint density at radius 2 is 1.92 bits per heavy atom. The lowest BCUT2D eigenvalue weighted by molar-refractivity contribution is -0.241. The number of ketones is 1. The molecule has 0 radical (unpaired) electrons. The standard InChI is InChI=1S/C29H37NO8/c1-7-29-13-14(3)22-15(4)24(38-21-10-9-20(32)16(5)37-21)18-11-17(31)12-19(23(18)22)30(29)26(34)28(6,25(29)33)27(35)36-8-2/h11-13,15-16,20-22,24,31-32H,7-10H2,1-6H3/t15-,16-,20-,21+,22-,24+,28+,29+/m1/s1. The van der Waals surface area contributed by atoms with Gasteiger partial charge >= 0.3 is 5.97 Å². The summed E-state index contributed by atoms with van der Waals surface area (Å²) in [7, 11) is 0. The Bertz CT molecular complexity index is 1230. The van der Waals surface area contributed by atoms with Crippen molar-refractivity contribution in [1.82, 2.24) is 0 Å². The molecule has 1 aromatic carbocycles. The largest absolute Gasteiger partial charge is 0.508 e. The molecule has 3 aliphatic heterocycles. The second kappa shape index (κ2) is 9.17. The summed E-state index contributed by atoms with van der Waals surface area (Å²) in [5, 5.41) is 20.9. The van der Waals surface area contributed by atoms with Crippen LogP contribution in [0, 0.1) is 11.3 Å². The zero-order valence-corrected chi connectivity index (χ0v) is 22.8. The topological polar surface area (TPSA) is 123 Å². The number of carbonyl (C=O) groups excluding carboxylic acids is 3. The Kier molecular flexibility index (Phi) is 6.48. The summed E-state index contributed by atoms with van der Waals surface area (Å²) in [6, 6.07) is 3.16. The molecule has 2 saturated heterocycles. The van der Waals surface area contributed by atoms with Crippen LogP contribution in [-0.4, -0.2) is 58.5 Å². The van der Waals surface area contributed by atoms with Gasteiger partial charge in [0, 0.05) is 18.4 Å². The summed E-state index contributed by atoms with van der Waals surface area (Å²) in [5.74, 6) is -2.38. The third-order valence-corrected chi connectivity index (χ3v) is 9.00. The third-order valence-electron chi connectivity index (χ3n) is 9.00.